The highest BCUT2D eigenvalue weighted by atomic mass is 16.6. The van der Waals surface area contributed by atoms with Gasteiger partial charge < -0.3 is 24.8 Å². The van der Waals surface area contributed by atoms with Crippen LogP contribution in [-0.4, -0.2) is 44.6 Å². The molecular formula is C17H28N2O4. The Morgan fingerprint density at radius 2 is 1.83 bits per heavy atom. The standard InChI is InChI=1S/C17H28N2O4/c1-13(12-18-16(20)23-17(2,3)4)19-14-6-8-15(9-7-14)22-11-10-21-5/h6-9,13,19H,10-12H2,1-5H3,(H,18,20). The van der Waals surface area contributed by atoms with Gasteiger partial charge in [0.1, 0.15) is 18.0 Å². The number of benzene rings is 1. The Labute approximate surface area is 138 Å². The third-order valence-corrected chi connectivity index (χ3v) is 2.78. The smallest absolute Gasteiger partial charge is 0.407 e. The van der Waals surface area contributed by atoms with Crippen molar-refractivity contribution in [2.45, 2.75) is 39.3 Å². The summed E-state index contributed by atoms with van der Waals surface area (Å²) in [5, 5.41) is 6.05. The van der Waals surface area contributed by atoms with Crippen LogP contribution in [0, 0.1) is 0 Å². The summed E-state index contributed by atoms with van der Waals surface area (Å²) in [6, 6.07) is 7.73. The van der Waals surface area contributed by atoms with Crippen molar-refractivity contribution in [3.8, 4) is 5.75 Å². The number of hydrogen-bond donors (Lipinski definition) is 2. The van der Waals surface area contributed by atoms with Gasteiger partial charge in [-0.1, -0.05) is 0 Å². The molecular weight excluding hydrogens is 296 g/mol. The van der Waals surface area contributed by atoms with Gasteiger partial charge in [-0.25, -0.2) is 4.79 Å². The second kappa shape index (κ2) is 9.25. The van der Waals surface area contributed by atoms with Gasteiger partial charge in [0, 0.05) is 25.4 Å². The molecule has 0 aliphatic rings. The van der Waals surface area contributed by atoms with E-state index in [2.05, 4.69) is 10.6 Å². The van der Waals surface area contributed by atoms with Gasteiger partial charge in [0.05, 0.1) is 6.61 Å². The van der Waals surface area contributed by atoms with E-state index in [-0.39, 0.29) is 6.04 Å². The second-order valence-corrected chi connectivity index (χ2v) is 6.29. The molecule has 23 heavy (non-hydrogen) atoms. The van der Waals surface area contributed by atoms with Crippen LogP contribution in [0.1, 0.15) is 27.7 Å². The normalized spacial score (nSPS) is 12.4. The van der Waals surface area contributed by atoms with Gasteiger partial charge in [-0.3, -0.25) is 0 Å². The summed E-state index contributed by atoms with van der Waals surface area (Å²) >= 11 is 0. The molecule has 1 aromatic carbocycles. The monoisotopic (exact) mass is 324 g/mol. The number of methoxy groups -OCH3 is 1. The molecule has 0 aliphatic carbocycles. The molecule has 0 heterocycles. The Hall–Kier alpha value is -1.95. The van der Waals surface area contributed by atoms with Crippen LogP contribution in [0.15, 0.2) is 24.3 Å². The number of ether oxygens (including phenoxy) is 3. The molecule has 1 unspecified atom stereocenters. The number of amides is 1. The average Bonchev–Trinajstić information content (AvgIpc) is 2.45. The summed E-state index contributed by atoms with van der Waals surface area (Å²) in [4.78, 5) is 11.6. The molecule has 2 N–H and O–H groups in total. The van der Waals surface area contributed by atoms with E-state index in [0.717, 1.165) is 11.4 Å². The molecule has 6 nitrogen and oxygen atoms in total. The van der Waals surface area contributed by atoms with Crippen molar-refractivity contribution in [1.29, 1.82) is 0 Å². The SMILES string of the molecule is COCCOc1ccc(NC(C)CNC(=O)OC(C)(C)C)cc1. The zero-order valence-electron chi connectivity index (χ0n) is 14.6. The van der Waals surface area contributed by atoms with E-state index in [4.69, 9.17) is 14.2 Å². The number of nitrogens with one attached hydrogen (secondary N) is 2. The van der Waals surface area contributed by atoms with Gasteiger partial charge in [-0.05, 0) is 52.0 Å². The van der Waals surface area contributed by atoms with Crippen LogP contribution < -0.4 is 15.4 Å². The maximum Gasteiger partial charge on any atom is 0.407 e. The van der Waals surface area contributed by atoms with Crippen LogP contribution in [0.2, 0.25) is 0 Å². The summed E-state index contributed by atoms with van der Waals surface area (Å²) in [5.41, 5.74) is 0.474. The first-order valence-electron chi connectivity index (χ1n) is 7.75. The van der Waals surface area contributed by atoms with Crippen LogP contribution in [-0.2, 0) is 9.47 Å². The third kappa shape index (κ3) is 8.93. The molecule has 0 saturated carbocycles. The Balaban J connectivity index is 2.33. The fourth-order valence-electron chi connectivity index (χ4n) is 1.78. The predicted octanol–water partition coefficient (Wildman–Crippen LogP) is 3.04. The molecule has 0 aliphatic heterocycles. The molecule has 6 heteroatoms. The number of anilines is 1. The van der Waals surface area contributed by atoms with Crippen molar-refractivity contribution in [2.24, 2.45) is 0 Å². The molecule has 0 aromatic heterocycles. The van der Waals surface area contributed by atoms with Gasteiger partial charge >= 0.3 is 6.09 Å². The van der Waals surface area contributed by atoms with Crippen molar-refractivity contribution in [3.63, 3.8) is 0 Å². The minimum Gasteiger partial charge on any atom is -0.491 e. The van der Waals surface area contributed by atoms with Crippen LogP contribution in [0.4, 0.5) is 10.5 Å². The topological polar surface area (TPSA) is 68.8 Å². The van der Waals surface area contributed by atoms with E-state index in [1.165, 1.54) is 0 Å². The molecule has 0 fully saturated rings. The number of carbonyl (C=O) groups is 1. The molecule has 0 saturated heterocycles. The number of alkyl carbamates (subject to hydrolysis) is 1. The first kappa shape index (κ1) is 19.1. The quantitative estimate of drug-likeness (QED) is 0.719. The molecule has 0 radical (unpaired) electrons. The lowest BCUT2D eigenvalue weighted by Gasteiger charge is -2.21. The summed E-state index contributed by atoms with van der Waals surface area (Å²) < 4.78 is 15.6. The fraction of sp³-hybridized carbons (Fsp3) is 0.588. The van der Waals surface area contributed by atoms with Crippen molar-refractivity contribution in [1.82, 2.24) is 5.32 Å². The lowest BCUT2D eigenvalue weighted by Crippen LogP contribution is -2.38. The minimum absolute atomic E-state index is 0.0720. The van der Waals surface area contributed by atoms with Crippen molar-refractivity contribution >= 4 is 11.8 Å². The van der Waals surface area contributed by atoms with E-state index in [9.17, 15) is 4.79 Å². The molecule has 1 atom stereocenters. The average molecular weight is 324 g/mol. The molecule has 0 bridgehead atoms. The zero-order chi connectivity index (χ0) is 17.3. The summed E-state index contributed by atoms with van der Waals surface area (Å²) in [7, 11) is 1.64. The predicted molar refractivity (Wildman–Crippen MR) is 91.1 cm³/mol. The molecule has 1 amide bonds. The van der Waals surface area contributed by atoms with Crippen LogP contribution in [0.25, 0.3) is 0 Å². The maximum atomic E-state index is 11.6. The summed E-state index contributed by atoms with van der Waals surface area (Å²) in [6.07, 6.45) is -0.409. The van der Waals surface area contributed by atoms with E-state index < -0.39 is 11.7 Å². The Kier molecular flexibility index (Phi) is 7.68. The van der Waals surface area contributed by atoms with Crippen molar-refractivity contribution in [3.05, 3.63) is 24.3 Å². The van der Waals surface area contributed by atoms with E-state index in [1.54, 1.807) is 7.11 Å². The molecule has 130 valence electrons. The summed E-state index contributed by atoms with van der Waals surface area (Å²) in [5.74, 6) is 0.798. The lowest BCUT2D eigenvalue weighted by atomic mass is 10.2. The largest absolute Gasteiger partial charge is 0.491 e. The first-order valence-corrected chi connectivity index (χ1v) is 7.75. The van der Waals surface area contributed by atoms with Crippen LogP contribution in [0.5, 0.6) is 5.75 Å². The number of carbonyl (C=O) groups excluding carboxylic acids is 1. The third-order valence-electron chi connectivity index (χ3n) is 2.78. The van der Waals surface area contributed by atoms with Gasteiger partial charge in [-0.2, -0.15) is 0 Å². The van der Waals surface area contributed by atoms with E-state index >= 15 is 0 Å². The number of rotatable bonds is 8. The lowest BCUT2D eigenvalue weighted by molar-refractivity contribution is 0.0526. The Morgan fingerprint density at radius 3 is 2.39 bits per heavy atom. The second-order valence-electron chi connectivity index (χ2n) is 6.29. The highest BCUT2D eigenvalue weighted by Crippen LogP contribution is 2.16. The summed E-state index contributed by atoms with van der Waals surface area (Å²) in [6.45, 7) is 9.06. The minimum atomic E-state index is -0.487. The zero-order valence-corrected chi connectivity index (χ0v) is 14.6. The van der Waals surface area contributed by atoms with Gasteiger partial charge in [0.15, 0.2) is 0 Å². The molecule has 0 spiro atoms. The van der Waals surface area contributed by atoms with Gasteiger partial charge in [0.2, 0.25) is 0 Å². The van der Waals surface area contributed by atoms with Crippen LogP contribution >= 0.6 is 0 Å². The van der Waals surface area contributed by atoms with Gasteiger partial charge in [0.25, 0.3) is 0 Å². The maximum absolute atomic E-state index is 11.6. The number of hydrogen-bond acceptors (Lipinski definition) is 5. The van der Waals surface area contributed by atoms with E-state index in [1.807, 2.05) is 52.0 Å². The van der Waals surface area contributed by atoms with Crippen molar-refractivity contribution in [2.75, 3.05) is 32.2 Å². The van der Waals surface area contributed by atoms with Crippen molar-refractivity contribution < 1.29 is 19.0 Å². The Bertz CT molecular complexity index is 468. The highest BCUT2D eigenvalue weighted by molar-refractivity contribution is 5.67. The van der Waals surface area contributed by atoms with Crippen LogP contribution in [0.3, 0.4) is 0 Å². The van der Waals surface area contributed by atoms with Gasteiger partial charge in [-0.15, -0.1) is 0 Å². The van der Waals surface area contributed by atoms with E-state index in [0.29, 0.717) is 19.8 Å². The first-order chi connectivity index (χ1) is 10.8. The highest BCUT2D eigenvalue weighted by Gasteiger charge is 2.16. The molecule has 1 rings (SSSR count). The Morgan fingerprint density at radius 1 is 1.17 bits per heavy atom. The molecule has 1 aromatic rings. The fourth-order valence-corrected chi connectivity index (χ4v) is 1.78.